The highest BCUT2D eigenvalue weighted by Crippen LogP contribution is 2.29. The van der Waals surface area contributed by atoms with Crippen molar-refractivity contribution in [2.24, 2.45) is 0 Å². The van der Waals surface area contributed by atoms with Gasteiger partial charge in [0.1, 0.15) is 6.26 Å². The molecule has 1 N–H and O–H groups in total. The lowest BCUT2D eigenvalue weighted by Gasteiger charge is -2.06. The van der Waals surface area contributed by atoms with Crippen molar-refractivity contribution in [1.82, 2.24) is 4.98 Å². The number of hydrogen-bond donors (Lipinski definition) is 1. The van der Waals surface area contributed by atoms with E-state index in [4.69, 9.17) is 4.42 Å². The van der Waals surface area contributed by atoms with E-state index in [0.29, 0.717) is 15.4 Å². The van der Waals surface area contributed by atoms with Gasteiger partial charge in [-0.1, -0.05) is 12.8 Å². The predicted octanol–water partition coefficient (Wildman–Crippen LogP) is 4.41. The Morgan fingerprint density at radius 1 is 1.30 bits per heavy atom. The van der Waals surface area contributed by atoms with Crippen molar-refractivity contribution in [2.75, 3.05) is 5.32 Å². The zero-order chi connectivity index (χ0) is 13.9. The molecule has 0 aliphatic heterocycles. The highest BCUT2D eigenvalue weighted by molar-refractivity contribution is 9.10. The van der Waals surface area contributed by atoms with Gasteiger partial charge in [0.15, 0.2) is 9.80 Å². The fourth-order valence-electron chi connectivity index (χ4n) is 2.36. The summed E-state index contributed by atoms with van der Waals surface area (Å²) in [6.45, 7) is 0. The molecule has 0 saturated carbocycles. The zero-order valence-electron chi connectivity index (χ0n) is 10.9. The van der Waals surface area contributed by atoms with Crippen LogP contribution in [0, 0.1) is 0 Å². The van der Waals surface area contributed by atoms with E-state index in [2.05, 4.69) is 26.2 Å². The number of thiazole rings is 1. The Kier molecular flexibility index (Phi) is 4.21. The van der Waals surface area contributed by atoms with Crippen LogP contribution in [0.2, 0.25) is 0 Å². The van der Waals surface area contributed by atoms with Crippen LogP contribution in [-0.4, -0.2) is 10.9 Å². The van der Waals surface area contributed by atoms with Gasteiger partial charge in [-0.25, -0.2) is 4.98 Å². The number of hydrogen-bond acceptors (Lipinski definition) is 4. The Hall–Kier alpha value is -1.14. The summed E-state index contributed by atoms with van der Waals surface area (Å²) in [6.07, 6.45) is 8.53. The number of aromatic nitrogens is 1. The third kappa shape index (κ3) is 3.12. The molecule has 0 radical (unpaired) electrons. The second-order valence-corrected chi connectivity index (χ2v) is 6.76. The Balaban J connectivity index is 1.74. The summed E-state index contributed by atoms with van der Waals surface area (Å²) < 4.78 is 5.63. The van der Waals surface area contributed by atoms with Crippen LogP contribution in [0.3, 0.4) is 0 Å². The monoisotopic (exact) mass is 354 g/mol. The van der Waals surface area contributed by atoms with Crippen LogP contribution in [0.25, 0.3) is 0 Å². The molecule has 0 spiro atoms. The second-order valence-electron chi connectivity index (χ2n) is 4.90. The molecule has 2 aromatic rings. The minimum atomic E-state index is -0.179. The molecule has 0 atom stereocenters. The standard InChI is InChI=1S/C14H15BrN2O2S/c15-12-7-9(8-19-12)13(18)17-14-16-10-5-3-1-2-4-6-11(10)20-14/h7-8H,1-6H2,(H,16,17,18). The highest BCUT2D eigenvalue weighted by atomic mass is 79.9. The van der Waals surface area contributed by atoms with Crippen LogP contribution in [0.1, 0.15) is 46.6 Å². The normalized spacial score (nSPS) is 15.2. The molecule has 1 aliphatic carbocycles. The Morgan fingerprint density at radius 3 is 2.85 bits per heavy atom. The molecule has 3 rings (SSSR count). The first-order valence-electron chi connectivity index (χ1n) is 6.76. The number of nitrogens with one attached hydrogen (secondary N) is 1. The second kappa shape index (κ2) is 6.10. The number of amides is 1. The number of fused-ring (bicyclic) bond motifs is 1. The van der Waals surface area contributed by atoms with E-state index in [1.807, 2.05) is 0 Å². The summed E-state index contributed by atoms with van der Waals surface area (Å²) in [5.74, 6) is -0.179. The minimum Gasteiger partial charge on any atom is -0.457 e. The third-order valence-corrected chi connectivity index (χ3v) is 4.88. The van der Waals surface area contributed by atoms with Crippen molar-refractivity contribution >= 4 is 38.3 Å². The average Bonchev–Trinajstić information content (AvgIpc) is 2.97. The summed E-state index contributed by atoms with van der Waals surface area (Å²) in [7, 11) is 0. The molecule has 6 heteroatoms. The smallest absolute Gasteiger partial charge is 0.260 e. The molecule has 4 nitrogen and oxygen atoms in total. The summed E-state index contributed by atoms with van der Waals surface area (Å²) in [5, 5.41) is 3.55. The van der Waals surface area contributed by atoms with Gasteiger partial charge in [-0.2, -0.15) is 0 Å². The van der Waals surface area contributed by atoms with Gasteiger partial charge in [0, 0.05) is 10.9 Å². The van der Waals surface area contributed by atoms with E-state index in [1.165, 1.54) is 42.5 Å². The number of rotatable bonds is 2. The molecule has 0 aromatic carbocycles. The van der Waals surface area contributed by atoms with Crippen LogP contribution in [0.15, 0.2) is 21.4 Å². The fourth-order valence-corrected chi connectivity index (χ4v) is 3.74. The minimum absolute atomic E-state index is 0.179. The van der Waals surface area contributed by atoms with Crippen molar-refractivity contribution < 1.29 is 9.21 Å². The maximum atomic E-state index is 12.1. The maximum absolute atomic E-state index is 12.1. The third-order valence-electron chi connectivity index (χ3n) is 3.40. The molecular formula is C14H15BrN2O2S. The van der Waals surface area contributed by atoms with Gasteiger partial charge in [0.2, 0.25) is 0 Å². The van der Waals surface area contributed by atoms with Crippen LogP contribution in [-0.2, 0) is 12.8 Å². The van der Waals surface area contributed by atoms with Gasteiger partial charge < -0.3 is 4.42 Å². The first-order valence-corrected chi connectivity index (χ1v) is 8.37. The highest BCUT2D eigenvalue weighted by Gasteiger charge is 2.16. The Morgan fingerprint density at radius 2 is 2.10 bits per heavy atom. The molecule has 20 heavy (non-hydrogen) atoms. The number of carbonyl (C=O) groups is 1. The van der Waals surface area contributed by atoms with Crippen LogP contribution < -0.4 is 5.32 Å². The van der Waals surface area contributed by atoms with E-state index >= 15 is 0 Å². The molecular weight excluding hydrogens is 340 g/mol. The lowest BCUT2D eigenvalue weighted by Crippen LogP contribution is -2.10. The fraction of sp³-hybridized carbons (Fsp3) is 0.429. The number of halogens is 1. The molecule has 2 aromatic heterocycles. The number of anilines is 1. The maximum Gasteiger partial charge on any atom is 0.260 e. The molecule has 0 bridgehead atoms. The summed E-state index contributed by atoms with van der Waals surface area (Å²) >= 11 is 4.79. The van der Waals surface area contributed by atoms with Gasteiger partial charge in [0.05, 0.1) is 11.3 Å². The lowest BCUT2D eigenvalue weighted by atomic mass is 10.0. The predicted molar refractivity (Wildman–Crippen MR) is 82.4 cm³/mol. The van der Waals surface area contributed by atoms with Crippen molar-refractivity contribution in [3.63, 3.8) is 0 Å². The quantitative estimate of drug-likeness (QED) is 0.868. The first-order chi connectivity index (χ1) is 9.72. The largest absolute Gasteiger partial charge is 0.457 e. The zero-order valence-corrected chi connectivity index (χ0v) is 13.3. The van der Waals surface area contributed by atoms with Crippen molar-refractivity contribution in [3.8, 4) is 0 Å². The van der Waals surface area contributed by atoms with E-state index in [9.17, 15) is 4.79 Å². The van der Waals surface area contributed by atoms with Gasteiger partial charge in [-0.3, -0.25) is 10.1 Å². The Labute approximate surface area is 129 Å². The van der Waals surface area contributed by atoms with E-state index in [1.54, 1.807) is 17.4 Å². The number of aryl methyl sites for hydroxylation is 2. The molecule has 0 saturated heterocycles. The molecule has 0 fully saturated rings. The van der Waals surface area contributed by atoms with Crippen LogP contribution in [0.5, 0.6) is 0 Å². The van der Waals surface area contributed by atoms with Gasteiger partial charge in [-0.15, -0.1) is 11.3 Å². The van der Waals surface area contributed by atoms with Crippen molar-refractivity contribution in [2.45, 2.75) is 38.5 Å². The first kappa shape index (κ1) is 13.8. The molecule has 1 aliphatic rings. The van der Waals surface area contributed by atoms with E-state index in [-0.39, 0.29) is 5.91 Å². The summed E-state index contributed by atoms with van der Waals surface area (Å²) in [6, 6.07) is 1.65. The van der Waals surface area contributed by atoms with E-state index < -0.39 is 0 Å². The SMILES string of the molecule is O=C(Nc1nc2c(s1)CCCCCC2)c1coc(Br)c1. The average molecular weight is 355 g/mol. The molecule has 0 unspecified atom stereocenters. The van der Waals surface area contributed by atoms with Gasteiger partial charge in [-0.05, 0) is 41.6 Å². The van der Waals surface area contributed by atoms with Gasteiger partial charge in [0.25, 0.3) is 5.91 Å². The topological polar surface area (TPSA) is 55.1 Å². The molecule has 106 valence electrons. The van der Waals surface area contributed by atoms with E-state index in [0.717, 1.165) is 12.8 Å². The van der Waals surface area contributed by atoms with Crippen LogP contribution >= 0.6 is 27.3 Å². The Bertz CT molecular complexity index is 595. The summed E-state index contributed by atoms with van der Waals surface area (Å²) in [5.41, 5.74) is 1.66. The molecule has 2 heterocycles. The summed E-state index contributed by atoms with van der Waals surface area (Å²) in [4.78, 5) is 17.9. The van der Waals surface area contributed by atoms with Crippen molar-refractivity contribution in [3.05, 3.63) is 33.1 Å². The van der Waals surface area contributed by atoms with Crippen LogP contribution in [0.4, 0.5) is 5.13 Å². The number of nitrogens with zero attached hydrogens (tertiary/aromatic N) is 1. The lowest BCUT2D eigenvalue weighted by molar-refractivity contribution is 0.102. The number of furan rings is 1. The van der Waals surface area contributed by atoms with Gasteiger partial charge >= 0.3 is 0 Å². The number of carbonyl (C=O) groups excluding carboxylic acids is 1. The van der Waals surface area contributed by atoms with Crippen molar-refractivity contribution in [1.29, 1.82) is 0 Å². The molecule has 1 amide bonds.